The molecule has 3 aliphatic rings. The molecule has 0 aromatic heterocycles. The minimum Gasteiger partial charge on any atom is -0.504 e. The predicted octanol–water partition coefficient (Wildman–Crippen LogP) is 2.59. The van der Waals surface area contributed by atoms with Crippen LogP contribution in [0.15, 0.2) is 12.1 Å². The summed E-state index contributed by atoms with van der Waals surface area (Å²) in [5.41, 5.74) is 2.30. The Bertz CT molecular complexity index is 628. The first-order valence-corrected chi connectivity index (χ1v) is 8.72. The van der Waals surface area contributed by atoms with Crippen LogP contribution in [-0.4, -0.2) is 34.6 Å². The average Bonchev–Trinajstić information content (AvgIpc) is 2.78. The molecular weight excluding hydrogens is 292 g/mol. The van der Waals surface area contributed by atoms with Crippen molar-refractivity contribution in [1.29, 1.82) is 0 Å². The zero-order valence-corrected chi connectivity index (χ0v) is 13.8. The third-order valence-electron chi connectivity index (χ3n) is 7.02. The molecular formula is C19H26O4. The molecule has 3 N–H and O–H groups in total. The van der Waals surface area contributed by atoms with Gasteiger partial charge in [0.25, 0.3) is 0 Å². The number of hydrogen-bond acceptors (Lipinski definition) is 4. The molecule has 2 fully saturated rings. The van der Waals surface area contributed by atoms with Crippen LogP contribution in [0.5, 0.6) is 11.5 Å². The highest BCUT2D eigenvalue weighted by atomic mass is 16.5. The van der Waals surface area contributed by atoms with Gasteiger partial charge in [-0.05, 0) is 66.9 Å². The molecule has 6 atom stereocenters. The summed E-state index contributed by atoms with van der Waals surface area (Å²) in [6, 6.07) is 3.79. The molecule has 1 unspecified atom stereocenters. The standard InChI is InChI=1S/C19H26O4/c1-19-8-7-11-10-5-6-15(20)17(23-2)13(10)4-3-12(11)14(19)9-16(21)18(19)22/h5-6,11-12,14,16,18,20-22H,3-4,7-9H2,1-2H3/t11-,12-,14+,16?,18-,19+/m1/s1. The molecule has 1 aromatic rings. The zero-order valence-electron chi connectivity index (χ0n) is 13.8. The molecule has 4 heteroatoms. The number of fused-ring (bicyclic) bond motifs is 5. The first-order valence-electron chi connectivity index (χ1n) is 8.72. The van der Waals surface area contributed by atoms with Gasteiger partial charge < -0.3 is 20.1 Å². The van der Waals surface area contributed by atoms with Crippen molar-refractivity contribution in [1.82, 2.24) is 0 Å². The molecule has 4 nitrogen and oxygen atoms in total. The van der Waals surface area contributed by atoms with Gasteiger partial charge >= 0.3 is 0 Å². The quantitative estimate of drug-likeness (QED) is 0.744. The summed E-state index contributed by atoms with van der Waals surface area (Å²) in [7, 11) is 1.61. The molecule has 2 saturated carbocycles. The Balaban J connectivity index is 1.73. The maximum atomic E-state index is 10.5. The molecule has 0 aliphatic heterocycles. The number of rotatable bonds is 1. The second-order valence-electron chi connectivity index (χ2n) is 7.89. The van der Waals surface area contributed by atoms with Crippen LogP contribution < -0.4 is 4.74 Å². The Morgan fingerprint density at radius 3 is 2.74 bits per heavy atom. The number of aliphatic hydroxyl groups excluding tert-OH is 2. The van der Waals surface area contributed by atoms with Crippen LogP contribution in [0.25, 0.3) is 0 Å². The third kappa shape index (κ3) is 1.97. The number of aliphatic hydroxyl groups is 2. The molecule has 0 radical (unpaired) electrons. The van der Waals surface area contributed by atoms with E-state index in [0.29, 0.717) is 29.9 Å². The van der Waals surface area contributed by atoms with Crippen LogP contribution >= 0.6 is 0 Å². The second kappa shape index (κ2) is 5.12. The number of methoxy groups -OCH3 is 1. The molecule has 1 aromatic carbocycles. The van der Waals surface area contributed by atoms with E-state index in [0.717, 1.165) is 31.2 Å². The maximum Gasteiger partial charge on any atom is 0.163 e. The first kappa shape index (κ1) is 15.3. The summed E-state index contributed by atoms with van der Waals surface area (Å²) >= 11 is 0. The van der Waals surface area contributed by atoms with E-state index in [1.807, 2.05) is 0 Å². The van der Waals surface area contributed by atoms with Crippen LogP contribution in [-0.2, 0) is 6.42 Å². The van der Waals surface area contributed by atoms with Gasteiger partial charge in [0, 0.05) is 5.56 Å². The fourth-order valence-electron chi connectivity index (χ4n) is 5.84. The SMILES string of the molecule is COc1c(O)ccc2c1CC[C@@H]1[C@@H]2CC[C@]2(C)[C@H](O)C(O)C[C@@H]12. The van der Waals surface area contributed by atoms with Crippen molar-refractivity contribution >= 4 is 0 Å². The number of phenols is 1. The van der Waals surface area contributed by atoms with Gasteiger partial charge in [0.15, 0.2) is 11.5 Å². The van der Waals surface area contributed by atoms with E-state index in [4.69, 9.17) is 4.74 Å². The van der Waals surface area contributed by atoms with Crippen molar-refractivity contribution < 1.29 is 20.1 Å². The summed E-state index contributed by atoms with van der Waals surface area (Å²) in [5.74, 6) is 2.17. The lowest BCUT2D eigenvalue weighted by atomic mass is 9.55. The Hall–Kier alpha value is -1.26. The van der Waals surface area contributed by atoms with E-state index in [9.17, 15) is 15.3 Å². The lowest BCUT2D eigenvalue weighted by Gasteiger charge is -2.50. The van der Waals surface area contributed by atoms with Gasteiger partial charge in [-0.1, -0.05) is 13.0 Å². The van der Waals surface area contributed by atoms with E-state index in [2.05, 4.69) is 13.0 Å². The summed E-state index contributed by atoms with van der Waals surface area (Å²) in [6.45, 7) is 2.15. The maximum absolute atomic E-state index is 10.5. The Morgan fingerprint density at radius 1 is 1.22 bits per heavy atom. The summed E-state index contributed by atoms with van der Waals surface area (Å²) in [4.78, 5) is 0. The summed E-state index contributed by atoms with van der Waals surface area (Å²) < 4.78 is 5.43. The lowest BCUT2D eigenvalue weighted by Crippen LogP contribution is -2.44. The van der Waals surface area contributed by atoms with E-state index >= 15 is 0 Å². The van der Waals surface area contributed by atoms with Crippen molar-refractivity contribution in [2.75, 3.05) is 7.11 Å². The minimum atomic E-state index is -0.593. The molecule has 4 rings (SSSR count). The Kier molecular flexibility index (Phi) is 3.40. The molecule has 126 valence electrons. The predicted molar refractivity (Wildman–Crippen MR) is 86.7 cm³/mol. The fourth-order valence-corrected chi connectivity index (χ4v) is 5.84. The molecule has 0 spiro atoms. The average molecular weight is 318 g/mol. The van der Waals surface area contributed by atoms with E-state index in [1.165, 1.54) is 5.56 Å². The fraction of sp³-hybridized carbons (Fsp3) is 0.684. The van der Waals surface area contributed by atoms with Gasteiger partial charge in [-0.15, -0.1) is 0 Å². The van der Waals surface area contributed by atoms with E-state index in [1.54, 1.807) is 13.2 Å². The first-order chi connectivity index (χ1) is 11.0. The van der Waals surface area contributed by atoms with Gasteiger partial charge in [0.05, 0.1) is 19.3 Å². The van der Waals surface area contributed by atoms with Gasteiger partial charge in [-0.25, -0.2) is 0 Å². The number of aromatic hydroxyl groups is 1. The van der Waals surface area contributed by atoms with Crippen molar-refractivity contribution in [3.63, 3.8) is 0 Å². The van der Waals surface area contributed by atoms with Gasteiger partial charge in [-0.3, -0.25) is 0 Å². The third-order valence-corrected chi connectivity index (χ3v) is 7.02. The molecule has 3 aliphatic carbocycles. The highest BCUT2D eigenvalue weighted by Gasteiger charge is 2.57. The van der Waals surface area contributed by atoms with Crippen molar-refractivity contribution in [3.8, 4) is 11.5 Å². The monoisotopic (exact) mass is 318 g/mol. The van der Waals surface area contributed by atoms with Crippen LogP contribution in [0, 0.1) is 17.3 Å². The number of ether oxygens (including phenoxy) is 1. The number of hydrogen-bond donors (Lipinski definition) is 3. The van der Waals surface area contributed by atoms with Gasteiger partial charge in [0.1, 0.15) is 0 Å². The van der Waals surface area contributed by atoms with E-state index in [-0.39, 0.29) is 11.2 Å². The van der Waals surface area contributed by atoms with Crippen LogP contribution in [0.1, 0.15) is 49.7 Å². The highest BCUT2D eigenvalue weighted by molar-refractivity contribution is 5.52. The summed E-state index contributed by atoms with van der Waals surface area (Å²) in [5, 5.41) is 30.7. The Labute approximate surface area is 137 Å². The normalized spacial score (nSPS) is 41.8. The lowest BCUT2D eigenvalue weighted by molar-refractivity contribution is -0.0506. The van der Waals surface area contributed by atoms with Gasteiger partial charge in [0.2, 0.25) is 0 Å². The van der Waals surface area contributed by atoms with E-state index < -0.39 is 12.2 Å². The van der Waals surface area contributed by atoms with Crippen molar-refractivity contribution in [2.24, 2.45) is 17.3 Å². The zero-order chi connectivity index (χ0) is 16.4. The Morgan fingerprint density at radius 2 is 2.00 bits per heavy atom. The smallest absolute Gasteiger partial charge is 0.163 e. The van der Waals surface area contributed by atoms with Crippen LogP contribution in [0.3, 0.4) is 0 Å². The highest BCUT2D eigenvalue weighted by Crippen LogP contribution is 2.61. The van der Waals surface area contributed by atoms with Crippen LogP contribution in [0.4, 0.5) is 0 Å². The molecule has 0 bridgehead atoms. The molecule has 0 saturated heterocycles. The minimum absolute atomic E-state index is 0.154. The second-order valence-corrected chi connectivity index (χ2v) is 7.89. The summed E-state index contributed by atoms with van der Waals surface area (Å²) in [6.07, 6.45) is 3.44. The molecule has 0 heterocycles. The molecule has 0 amide bonds. The van der Waals surface area contributed by atoms with Crippen molar-refractivity contribution in [3.05, 3.63) is 23.3 Å². The van der Waals surface area contributed by atoms with Crippen molar-refractivity contribution in [2.45, 2.75) is 57.2 Å². The number of benzene rings is 1. The topological polar surface area (TPSA) is 69.9 Å². The molecule has 23 heavy (non-hydrogen) atoms. The van der Waals surface area contributed by atoms with Crippen LogP contribution in [0.2, 0.25) is 0 Å². The van der Waals surface area contributed by atoms with Gasteiger partial charge in [-0.2, -0.15) is 0 Å². The largest absolute Gasteiger partial charge is 0.504 e. The number of phenolic OH excluding ortho intramolecular Hbond substituents is 1.